The molecule has 1 aromatic carbocycles. The minimum absolute atomic E-state index is 0.0938. The van der Waals surface area contributed by atoms with Crippen molar-refractivity contribution in [3.8, 4) is 0 Å². The van der Waals surface area contributed by atoms with Gasteiger partial charge < -0.3 is 30.4 Å². The first-order chi connectivity index (χ1) is 15.5. The lowest BCUT2D eigenvalue weighted by atomic mass is 10.2. The van der Waals surface area contributed by atoms with E-state index in [1.54, 1.807) is 30.3 Å². The number of anilines is 2. The standard InChI is InChI=1S/C21H25N5O6/c27-18(12-23-21(30)17-2-1-9-32-17)22-13-19(28)24-15-3-5-16(6-4-15)25-20(29)14-26-7-10-31-11-8-26/h1-6,9H,7-8,10-14H2,(H,22,27)(H,23,30)(H,24,28)(H,25,29). The van der Waals surface area contributed by atoms with E-state index in [0.717, 1.165) is 13.1 Å². The maximum atomic E-state index is 12.1. The lowest BCUT2D eigenvalue weighted by Gasteiger charge is -2.25. The molecule has 1 fully saturated rings. The Kier molecular flexibility index (Phi) is 8.35. The molecule has 4 N–H and O–H groups in total. The summed E-state index contributed by atoms with van der Waals surface area (Å²) in [7, 11) is 0. The molecular formula is C21H25N5O6. The Morgan fingerprint density at radius 3 is 2.06 bits per heavy atom. The molecule has 0 unspecified atom stereocenters. The Morgan fingerprint density at radius 1 is 0.812 bits per heavy atom. The first kappa shape index (κ1) is 23.0. The predicted molar refractivity (Wildman–Crippen MR) is 115 cm³/mol. The van der Waals surface area contributed by atoms with Crippen LogP contribution in [0.15, 0.2) is 47.1 Å². The number of nitrogens with one attached hydrogen (secondary N) is 4. The Morgan fingerprint density at radius 2 is 1.44 bits per heavy atom. The summed E-state index contributed by atoms with van der Waals surface area (Å²) in [6.07, 6.45) is 1.35. The number of nitrogens with zero attached hydrogens (tertiary/aromatic N) is 1. The highest BCUT2D eigenvalue weighted by molar-refractivity contribution is 5.97. The van der Waals surface area contributed by atoms with E-state index in [2.05, 4.69) is 21.3 Å². The average molecular weight is 443 g/mol. The van der Waals surface area contributed by atoms with E-state index in [1.165, 1.54) is 12.3 Å². The lowest BCUT2D eigenvalue weighted by Crippen LogP contribution is -2.41. The van der Waals surface area contributed by atoms with Crippen LogP contribution in [-0.2, 0) is 19.1 Å². The summed E-state index contributed by atoms with van der Waals surface area (Å²) >= 11 is 0. The highest BCUT2D eigenvalue weighted by Gasteiger charge is 2.14. The van der Waals surface area contributed by atoms with Crippen molar-refractivity contribution in [2.75, 3.05) is 56.6 Å². The van der Waals surface area contributed by atoms with Crippen LogP contribution < -0.4 is 21.3 Å². The van der Waals surface area contributed by atoms with Gasteiger partial charge in [-0.25, -0.2) is 0 Å². The maximum absolute atomic E-state index is 12.1. The molecule has 0 aliphatic carbocycles. The minimum Gasteiger partial charge on any atom is -0.459 e. The first-order valence-electron chi connectivity index (χ1n) is 10.1. The molecule has 1 aliphatic rings. The number of ether oxygens (including phenoxy) is 1. The molecule has 0 atom stereocenters. The van der Waals surface area contributed by atoms with Crippen LogP contribution >= 0.6 is 0 Å². The van der Waals surface area contributed by atoms with Gasteiger partial charge in [0, 0.05) is 24.5 Å². The highest BCUT2D eigenvalue weighted by Crippen LogP contribution is 2.13. The molecular weight excluding hydrogens is 418 g/mol. The number of benzene rings is 1. The van der Waals surface area contributed by atoms with Gasteiger partial charge in [0.05, 0.1) is 39.1 Å². The lowest BCUT2D eigenvalue weighted by molar-refractivity contribution is -0.123. The van der Waals surface area contributed by atoms with Gasteiger partial charge in [-0.05, 0) is 36.4 Å². The molecule has 1 aliphatic heterocycles. The van der Waals surface area contributed by atoms with E-state index in [4.69, 9.17) is 9.15 Å². The molecule has 170 valence electrons. The van der Waals surface area contributed by atoms with Gasteiger partial charge in [0.25, 0.3) is 5.91 Å². The van der Waals surface area contributed by atoms with Crippen LogP contribution in [-0.4, -0.2) is 74.5 Å². The second-order valence-electron chi connectivity index (χ2n) is 7.00. The summed E-state index contributed by atoms with van der Waals surface area (Å²) in [5.41, 5.74) is 1.13. The molecule has 1 saturated heterocycles. The molecule has 4 amide bonds. The third kappa shape index (κ3) is 7.52. The van der Waals surface area contributed by atoms with E-state index in [1.807, 2.05) is 4.90 Å². The van der Waals surface area contributed by atoms with E-state index in [0.29, 0.717) is 31.1 Å². The highest BCUT2D eigenvalue weighted by atomic mass is 16.5. The minimum atomic E-state index is -0.522. The molecule has 2 aromatic rings. The van der Waals surface area contributed by atoms with Crippen LogP contribution in [0.25, 0.3) is 0 Å². The molecule has 11 nitrogen and oxygen atoms in total. The fraction of sp³-hybridized carbons (Fsp3) is 0.333. The number of hydrogen-bond acceptors (Lipinski definition) is 7. The number of morpholine rings is 1. The van der Waals surface area contributed by atoms with Gasteiger partial charge in [-0.3, -0.25) is 24.1 Å². The third-order valence-electron chi connectivity index (χ3n) is 4.52. The normalized spacial score (nSPS) is 13.8. The maximum Gasteiger partial charge on any atom is 0.287 e. The molecule has 0 radical (unpaired) electrons. The summed E-state index contributed by atoms with van der Waals surface area (Å²) in [6, 6.07) is 9.68. The Balaban J connectivity index is 1.34. The summed E-state index contributed by atoms with van der Waals surface area (Å²) in [5, 5.41) is 10.2. The van der Waals surface area contributed by atoms with Crippen molar-refractivity contribution in [1.82, 2.24) is 15.5 Å². The molecule has 3 rings (SSSR count). The van der Waals surface area contributed by atoms with Crippen LogP contribution in [0.1, 0.15) is 10.6 Å². The summed E-state index contributed by atoms with van der Waals surface area (Å²) in [4.78, 5) is 49.6. The van der Waals surface area contributed by atoms with Gasteiger partial charge in [0.15, 0.2) is 5.76 Å². The van der Waals surface area contributed by atoms with Crippen molar-refractivity contribution in [3.63, 3.8) is 0 Å². The smallest absolute Gasteiger partial charge is 0.287 e. The second kappa shape index (κ2) is 11.6. The Labute approximate surface area is 184 Å². The number of hydrogen-bond donors (Lipinski definition) is 4. The van der Waals surface area contributed by atoms with Gasteiger partial charge in [-0.1, -0.05) is 0 Å². The van der Waals surface area contributed by atoms with Gasteiger partial charge in [-0.2, -0.15) is 0 Å². The molecule has 2 heterocycles. The van der Waals surface area contributed by atoms with Crippen LogP contribution in [0.3, 0.4) is 0 Å². The first-order valence-corrected chi connectivity index (χ1v) is 10.1. The zero-order valence-electron chi connectivity index (χ0n) is 17.4. The van der Waals surface area contributed by atoms with E-state index < -0.39 is 17.7 Å². The molecule has 32 heavy (non-hydrogen) atoms. The fourth-order valence-corrected chi connectivity index (χ4v) is 2.90. The Hall–Kier alpha value is -3.70. The predicted octanol–water partition coefficient (Wildman–Crippen LogP) is 0.0350. The van der Waals surface area contributed by atoms with Gasteiger partial charge in [-0.15, -0.1) is 0 Å². The van der Waals surface area contributed by atoms with Crippen LogP contribution in [0.4, 0.5) is 11.4 Å². The SMILES string of the molecule is O=C(CNC(=O)c1ccco1)NCC(=O)Nc1ccc(NC(=O)CN2CCOCC2)cc1. The Bertz CT molecular complexity index is 923. The number of amides is 4. The third-order valence-corrected chi connectivity index (χ3v) is 4.52. The largest absolute Gasteiger partial charge is 0.459 e. The van der Waals surface area contributed by atoms with E-state index in [-0.39, 0.29) is 24.8 Å². The van der Waals surface area contributed by atoms with Crippen molar-refractivity contribution < 1.29 is 28.3 Å². The zero-order chi connectivity index (χ0) is 22.8. The van der Waals surface area contributed by atoms with Gasteiger partial charge >= 0.3 is 0 Å². The van der Waals surface area contributed by atoms with Crippen molar-refractivity contribution in [2.24, 2.45) is 0 Å². The van der Waals surface area contributed by atoms with Crippen LogP contribution in [0.2, 0.25) is 0 Å². The quantitative estimate of drug-likeness (QED) is 0.428. The van der Waals surface area contributed by atoms with Crippen molar-refractivity contribution >= 4 is 35.0 Å². The number of furan rings is 1. The molecule has 0 bridgehead atoms. The van der Waals surface area contributed by atoms with Crippen molar-refractivity contribution in [3.05, 3.63) is 48.4 Å². The van der Waals surface area contributed by atoms with Crippen LogP contribution in [0.5, 0.6) is 0 Å². The topological polar surface area (TPSA) is 142 Å². The monoisotopic (exact) mass is 443 g/mol. The summed E-state index contributed by atoms with van der Waals surface area (Å²) in [5.74, 6) is -1.49. The molecule has 0 saturated carbocycles. The van der Waals surface area contributed by atoms with Gasteiger partial charge in [0.2, 0.25) is 17.7 Å². The number of carbonyl (C=O) groups is 4. The molecule has 11 heteroatoms. The fourth-order valence-electron chi connectivity index (χ4n) is 2.90. The van der Waals surface area contributed by atoms with E-state index >= 15 is 0 Å². The van der Waals surface area contributed by atoms with Gasteiger partial charge in [0.1, 0.15) is 0 Å². The molecule has 1 aromatic heterocycles. The average Bonchev–Trinajstić information content (AvgIpc) is 3.33. The second-order valence-corrected chi connectivity index (χ2v) is 7.00. The number of carbonyl (C=O) groups excluding carboxylic acids is 4. The summed E-state index contributed by atoms with van der Waals surface area (Å²) < 4.78 is 10.2. The number of rotatable bonds is 9. The zero-order valence-corrected chi connectivity index (χ0v) is 17.4. The van der Waals surface area contributed by atoms with Crippen molar-refractivity contribution in [1.29, 1.82) is 0 Å². The van der Waals surface area contributed by atoms with Crippen LogP contribution in [0, 0.1) is 0 Å². The van der Waals surface area contributed by atoms with E-state index in [9.17, 15) is 19.2 Å². The molecule has 0 spiro atoms. The summed E-state index contributed by atoms with van der Waals surface area (Å²) in [6.45, 7) is 2.46. The van der Waals surface area contributed by atoms with Crippen molar-refractivity contribution in [2.45, 2.75) is 0 Å².